The van der Waals surface area contributed by atoms with Crippen LogP contribution in [-0.4, -0.2) is 29.8 Å². The maximum Gasteiger partial charge on any atom is 0.176 e. The van der Waals surface area contributed by atoms with E-state index in [-0.39, 0.29) is 5.78 Å². The molecule has 2 heteroatoms. The number of ketones is 1. The van der Waals surface area contributed by atoms with Crippen molar-refractivity contribution in [3.8, 4) is 0 Å². The molecule has 1 aromatic carbocycles. The summed E-state index contributed by atoms with van der Waals surface area (Å²) in [7, 11) is 0. The zero-order chi connectivity index (χ0) is 15.2. The van der Waals surface area contributed by atoms with E-state index in [1.54, 1.807) is 0 Å². The lowest BCUT2D eigenvalue weighted by atomic mass is 10.0. The minimum Gasteiger partial charge on any atom is -0.293 e. The second-order valence-corrected chi connectivity index (χ2v) is 6.34. The Balaban J connectivity index is 2.04. The van der Waals surface area contributed by atoms with Crippen molar-refractivity contribution in [3.63, 3.8) is 0 Å². The molecule has 0 amide bonds. The van der Waals surface area contributed by atoms with E-state index in [1.807, 2.05) is 6.07 Å². The van der Waals surface area contributed by atoms with Gasteiger partial charge in [0.15, 0.2) is 5.78 Å². The standard InChI is InChI=1S/C19H29NO/c1-4-6-12-20(15(3)5-2)14-19(21)18-11-10-16-8-7-9-17(16)13-18/h10-11,13,15H,4-9,12,14H2,1-3H3. The number of Topliss-reactive ketones (excluding diaryl/α,β-unsaturated/α-hetero) is 1. The highest BCUT2D eigenvalue weighted by Crippen LogP contribution is 2.23. The fraction of sp³-hybridized carbons (Fsp3) is 0.632. The van der Waals surface area contributed by atoms with Crippen LogP contribution in [0.5, 0.6) is 0 Å². The molecular weight excluding hydrogens is 258 g/mol. The molecule has 0 N–H and O–H groups in total. The minimum atomic E-state index is 0.279. The van der Waals surface area contributed by atoms with Gasteiger partial charge in [-0.15, -0.1) is 0 Å². The summed E-state index contributed by atoms with van der Waals surface area (Å²) in [5, 5.41) is 0. The number of fused-ring (bicyclic) bond motifs is 1. The molecule has 0 aliphatic heterocycles. The summed E-state index contributed by atoms with van der Waals surface area (Å²) < 4.78 is 0. The highest BCUT2D eigenvalue weighted by atomic mass is 16.1. The first-order chi connectivity index (χ1) is 10.2. The third kappa shape index (κ3) is 4.16. The molecule has 0 aromatic heterocycles. The van der Waals surface area contributed by atoms with Crippen LogP contribution in [0.25, 0.3) is 0 Å². The van der Waals surface area contributed by atoms with E-state index in [0.29, 0.717) is 12.6 Å². The molecule has 1 atom stereocenters. The van der Waals surface area contributed by atoms with Crippen LogP contribution in [0.3, 0.4) is 0 Å². The van der Waals surface area contributed by atoms with E-state index < -0.39 is 0 Å². The number of aryl methyl sites for hydroxylation is 2. The molecule has 21 heavy (non-hydrogen) atoms. The molecule has 0 saturated carbocycles. The van der Waals surface area contributed by atoms with Crippen LogP contribution in [0.1, 0.15) is 67.9 Å². The molecule has 0 heterocycles. The van der Waals surface area contributed by atoms with Gasteiger partial charge >= 0.3 is 0 Å². The monoisotopic (exact) mass is 287 g/mol. The summed E-state index contributed by atoms with van der Waals surface area (Å²) in [6.45, 7) is 8.22. The third-order valence-electron chi connectivity index (χ3n) is 4.78. The number of benzene rings is 1. The first-order valence-corrected chi connectivity index (χ1v) is 8.54. The summed E-state index contributed by atoms with van der Waals surface area (Å²) in [4.78, 5) is 14.9. The fourth-order valence-corrected chi connectivity index (χ4v) is 3.10. The number of rotatable bonds is 8. The van der Waals surface area contributed by atoms with Crippen LogP contribution in [-0.2, 0) is 12.8 Å². The van der Waals surface area contributed by atoms with Gasteiger partial charge in [0.2, 0.25) is 0 Å². The van der Waals surface area contributed by atoms with Gasteiger partial charge in [-0.3, -0.25) is 9.69 Å². The van der Waals surface area contributed by atoms with Crippen molar-refractivity contribution in [1.29, 1.82) is 0 Å². The van der Waals surface area contributed by atoms with E-state index in [1.165, 1.54) is 36.8 Å². The Morgan fingerprint density at radius 2 is 2.00 bits per heavy atom. The zero-order valence-electron chi connectivity index (χ0n) is 13.8. The zero-order valence-corrected chi connectivity index (χ0v) is 13.8. The van der Waals surface area contributed by atoms with E-state index in [9.17, 15) is 4.79 Å². The first-order valence-electron chi connectivity index (χ1n) is 8.54. The Bertz CT molecular complexity index is 480. The molecular formula is C19H29NO. The molecule has 0 fully saturated rings. The molecule has 0 radical (unpaired) electrons. The third-order valence-corrected chi connectivity index (χ3v) is 4.78. The van der Waals surface area contributed by atoms with Crippen molar-refractivity contribution in [3.05, 3.63) is 34.9 Å². The van der Waals surface area contributed by atoms with Gasteiger partial charge in [-0.1, -0.05) is 32.4 Å². The van der Waals surface area contributed by atoms with Gasteiger partial charge in [0, 0.05) is 11.6 Å². The molecule has 2 nitrogen and oxygen atoms in total. The molecule has 1 aliphatic rings. The maximum atomic E-state index is 12.6. The highest BCUT2D eigenvalue weighted by molar-refractivity contribution is 5.97. The van der Waals surface area contributed by atoms with Crippen molar-refractivity contribution in [2.24, 2.45) is 0 Å². The summed E-state index contributed by atoms with van der Waals surface area (Å²) in [6.07, 6.45) is 7.01. The van der Waals surface area contributed by atoms with Gasteiger partial charge in [0.25, 0.3) is 0 Å². The highest BCUT2D eigenvalue weighted by Gasteiger charge is 2.18. The van der Waals surface area contributed by atoms with Gasteiger partial charge < -0.3 is 0 Å². The molecule has 116 valence electrons. The van der Waals surface area contributed by atoms with Gasteiger partial charge in [-0.25, -0.2) is 0 Å². The lowest BCUT2D eigenvalue weighted by Crippen LogP contribution is -2.37. The second kappa shape index (κ2) is 7.74. The predicted octanol–water partition coefficient (Wildman–Crippen LogP) is 4.26. The molecule has 1 aromatic rings. The van der Waals surface area contributed by atoms with Crippen molar-refractivity contribution in [2.45, 2.75) is 65.3 Å². The van der Waals surface area contributed by atoms with Gasteiger partial charge in [0.1, 0.15) is 0 Å². The second-order valence-electron chi connectivity index (χ2n) is 6.34. The fourth-order valence-electron chi connectivity index (χ4n) is 3.10. The Hall–Kier alpha value is -1.15. The molecule has 0 bridgehead atoms. The van der Waals surface area contributed by atoms with Gasteiger partial charge in [-0.05, 0) is 62.8 Å². The number of nitrogens with zero attached hydrogens (tertiary/aromatic N) is 1. The van der Waals surface area contributed by atoms with E-state index in [2.05, 4.69) is 37.8 Å². The molecule has 0 spiro atoms. The van der Waals surface area contributed by atoms with E-state index in [0.717, 1.165) is 24.9 Å². The van der Waals surface area contributed by atoms with E-state index >= 15 is 0 Å². The van der Waals surface area contributed by atoms with Crippen LogP contribution >= 0.6 is 0 Å². The van der Waals surface area contributed by atoms with Crippen LogP contribution in [0.2, 0.25) is 0 Å². The van der Waals surface area contributed by atoms with Crippen LogP contribution in [0, 0.1) is 0 Å². The van der Waals surface area contributed by atoms with Crippen molar-refractivity contribution in [1.82, 2.24) is 4.90 Å². The van der Waals surface area contributed by atoms with Gasteiger partial charge in [0.05, 0.1) is 6.54 Å². The quantitative estimate of drug-likeness (QED) is 0.666. The molecule has 0 saturated heterocycles. The van der Waals surface area contributed by atoms with Gasteiger partial charge in [-0.2, -0.15) is 0 Å². The van der Waals surface area contributed by atoms with Crippen molar-refractivity contribution in [2.75, 3.05) is 13.1 Å². The smallest absolute Gasteiger partial charge is 0.176 e. The van der Waals surface area contributed by atoms with Crippen LogP contribution in [0.15, 0.2) is 18.2 Å². The Morgan fingerprint density at radius 1 is 1.24 bits per heavy atom. The van der Waals surface area contributed by atoms with Crippen molar-refractivity contribution >= 4 is 5.78 Å². The van der Waals surface area contributed by atoms with Crippen LogP contribution < -0.4 is 0 Å². The predicted molar refractivity (Wildman–Crippen MR) is 89.0 cm³/mol. The molecule has 1 aliphatic carbocycles. The van der Waals surface area contributed by atoms with Crippen LogP contribution in [0.4, 0.5) is 0 Å². The number of hydrogen-bond acceptors (Lipinski definition) is 2. The SMILES string of the molecule is CCCCN(CC(=O)c1ccc2c(c1)CCC2)C(C)CC. The summed E-state index contributed by atoms with van der Waals surface area (Å²) in [5.74, 6) is 0.279. The average molecular weight is 287 g/mol. The Labute approximate surface area is 129 Å². The van der Waals surface area contributed by atoms with E-state index in [4.69, 9.17) is 0 Å². The summed E-state index contributed by atoms with van der Waals surface area (Å²) >= 11 is 0. The molecule has 2 rings (SSSR count). The molecule has 1 unspecified atom stereocenters. The Morgan fingerprint density at radius 3 is 2.71 bits per heavy atom. The average Bonchev–Trinajstić information content (AvgIpc) is 2.97. The summed E-state index contributed by atoms with van der Waals surface area (Å²) in [5.41, 5.74) is 3.74. The number of unbranched alkanes of at least 4 members (excludes halogenated alkanes) is 1. The lowest BCUT2D eigenvalue weighted by Gasteiger charge is -2.27. The number of hydrogen-bond donors (Lipinski definition) is 0. The largest absolute Gasteiger partial charge is 0.293 e. The lowest BCUT2D eigenvalue weighted by molar-refractivity contribution is 0.0894. The summed E-state index contributed by atoms with van der Waals surface area (Å²) in [6, 6.07) is 6.81. The Kier molecular flexibility index (Phi) is 5.98. The minimum absolute atomic E-state index is 0.279. The number of carbonyl (C=O) groups excluding carboxylic acids is 1. The first kappa shape index (κ1) is 16.2. The normalized spacial score (nSPS) is 15.2. The number of carbonyl (C=O) groups is 1. The maximum absolute atomic E-state index is 12.6. The van der Waals surface area contributed by atoms with Crippen molar-refractivity contribution < 1.29 is 4.79 Å². The topological polar surface area (TPSA) is 20.3 Å².